The van der Waals surface area contributed by atoms with E-state index in [1.807, 2.05) is 12.1 Å². The average molecular weight is 330 g/mol. The van der Waals surface area contributed by atoms with Crippen LogP contribution in [0.4, 0.5) is 0 Å². The molecule has 3 rings (SSSR count). The van der Waals surface area contributed by atoms with E-state index in [0.717, 1.165) is 24.9 Å². The molecule has 1 fully saturated rings. The molecule has 0 aliphatic carbocycles. The summed E-state index contributed by atoms with van der Waals surface area (Å²) in [4.78, 5) is 0. The van der Waals surface area contributed by atoms with Gasteiger partial charge in [-0.25, -0.2) is 0 Å². The summed E-state index contributed by atoms with van der Waals surface area (Å²) in [5.41, 5.74) is 1.000. The smallest absolute Gasteiger partial charge is 0.276 e. The fraction of sp³-hybridized carbons (Fsp3) is 0.385. The first-order valence-corrected chi connectivity index (χ1v) is 8.10. The second-order valence-electron chi connectivity index (χ2n) is 4.58. The number of nitrogens with zero attached hydrogens (tertiary/aromatic N) is 2. The fourth-order valence-corrected chi connectivity index (χ4v) is 3.42. The molecule has 4 nitrogen and oxygen atoms in total. The van der Waals surface area contributed by atoms with Crippen LogP contribution in [0.15, 0.2) is 27.8 Å². The molecule has 1 saturated heterocycles. The van der Waals surface area contributed by atoms with Gasteiger partial charge >= 0.3 is 0 Å². The highest BCUT2D eigenvalue weighted by Crippen LogP contribution is 2.29. The van der Waals surface area contributed by atoms with E-state index >= 15 is 0 Å². The molecule has 1 aliphatic rings. The summed E-state index contributed by atoms with van der Waals surface area (Å²) in [5, 5.41) is 13.3. The van der Waals surface area contributed by atoms with Crippen LogP contribution in [-0.2, 0) is 5.75 Å². The fourth-order valence-electron chi connectivity index (χ4n) is 2.09. The highest BCUT2D eigenvalue weighted by atomic mass is 35.5. The molecule has 1 aromatic carbocycles. The number of hydrogen-bond donors (Lipinski definition) is 1. The highest BCUT2D eigenvalue weighted by molar-refractivity contribution is 7.98. The summed E-state index contributed by atoms with van der Waals surface area (Å²) in [6, 6.07) is 5.68. The third kappa shape index (κ3) is 3.28. The number of nitrogens with one attached hydrogen (secondary N) is 1. The van der Waals surface area contributed by atoms with Crippen molar-refractivity contribution in [2.75, 3.05) is 6.54 Å². The van der Waals surface area contributed by atoms with Crippen LogP contribution in [0, 0.1) is 0 Å². The Morgan fingerprint density at radius 3 is 3.00 bits per heavy atom. The molecular formula is C13H13Cl2N3OS. The first kappa shape index (κ1) is 14.2. The molecule has 1 N–H and O–H groups in total. The predicted molar refractivity (Wildman–Crippen MR) is 80.3 cm³/mol. The zero-order valence-electron chi connectivity index (χ0n) is 10.6. The first-order chi connectivity index (χ1) is 9.72. The van der Waals surface area contributed by atoms with Crippen molar-refractivity contribution in [1.82, 2.24) is 15.5 Å². The lowest BCUT2D eigenvalue weighted by Gasteiger charge is -2.03. The minimum absolute atomic E-state index is 0.205. The summed E-state index contributed by atoms with van der Waals surface area (Å²) >= 11 is 13.5. The molecular weight excluding hydrogens is 317 g/mol. The minimum Gasteiger partial charge on any atom is -0.414 e. The van der Waals surface area contributed by atoms with Crippen molar-refractivity contribution >= 4 is 35.0 Å². The molecule has 20 heavy (non-hydrogen) atoms. The van der Waals surface area contributed by atoms with Crippen molar-refractivity contribution in [3.8, 4) is 0 Å². The Labute approximate surface area is 131 Å². The molecule has 7 heteroatoms. The van der Waals surface area contributed by atoms with Crippen LogP contribution in [0.2, 0.25) is 10.0 Å². The summed E-state index contributed by atoms with van der Waals surface area (Å²) in [6.45, 7) is 1.01. The van der Waals surface area contributed by atoms with Gasteiger partial charge < -0.3 is 9.73 Å². The van der Waals surface area contributed by atoms with Gasteiger partial charge in [-0.05, 0) is 37.1 Å². The van der Waals surface area contributed by atoms with Crippen LogP contribution in [-0.4, -0.2) is 16.7 Å². The largest absolute Gasteiger partial charge is 0.414 e. The van der Waals surface area contributed by atoms with Crippen LogP contribution in [0.1, 0.15) is 30.3 Å². The van der Waals surface area contributed by atoms with Crippen LogP contribution < -0.4 is 5.32 Å². The van der Waals surface area contributed by atoms with Crippen LogP contribution in [0.25, 0.3) is 0 Å². The highest BCUT2D eigenvalue weighted by Gasteiger charge is 2.22. The van der Waals surface area contributed by atoms with E-state index in [1.54, 1.807) is 6.07 Å². The van der Waals surface area contributed by atoms with Crippen molar-refractivity contribution in [1.29, 1.82) is 0 Å². The van der Waals surface area contributed by atoms with E-state index < -0.39 is 0 Å². The van der Waals surface area contributed by atoms with E-state index in [4.69, 9.17) is 27.6 Å². The zero-order chi connectivity index (χ0) is 13.9. The van der Waals surface area contributed by atoms with E-state index in [0.29, 0.717) is 26.9 Å². The Hall–Kier alpha value is -0.750. The van der Waals surface area contributed by atoms with Gasteiger partial charge in [0.05, 0.1) is 6.04 Å². The molecule has 0 amide bonds. The first-order valence-electron chi connectivity index (χ1n) is 6.36. The Kier molecular flexibility index (Phi) is 4.51. The molecule has 106 valence electrons. The van der Waals surface area contributed by atoms with Crippen molar-refractivity contribution in [3.63, 3.8) is 0 Å². The molecule has 1 atom stereocenters. The molecule has 0 spiro atoms. The molecule has 0 unspecified atom stereocenters. The van der Waals surface area contributed by atoms with E-state index in [2.05, 4.69) is 15.5 Å². The summed E-state index contributed by atoms with van der Waals surface area (Å²) < 4.78 is 5.66. The number of benzene rings is 1. The van der Waals surface area contributed by atoms with Crippen LogP contribution in [0.3, 0.4) is 0 Å². The lowest BCUT2D eigenvalue weighted by atomic mass is 10.2. The number of thioether (sulfide) groups is 1. The molecule has 0 saturated carbocycles. The van der Waals surface area contributed by atoms with Gasteiger partial charge in [-0.3, -0.25) is 0 Å². The molecule has 0 radical (unpaired) electrons. The van der Waals surface area contributed by atoms with Crippen molar-refractivity contribution < 1.29 is 4.42 Å². The maximum atomic E-state index is 6.13. The van der Waals surface area contributed by atoms with Gasteiger partial charge in [0, 0.05) is 15.8 Å². The van der Waals surface area contributed by atoms with Crippen molar-refractivity contribution in [2.45, 2.75) is 29.9 Å². The molecule has 1 aromatic heterocycles. The Morgan fingerprint density at radius 1 is 1.35 bits per heavy atom. The number of hydrogen-bond acceptors (Lipinski definition) is 5. The summed E-state index contributed by atoms with van der Waals surface area (Å²) in [6.07, 6.45) is 2.20. The Bertz CT molecular complexity index is 599. The number of halogens is 2. The quantitative estimate of drug-likeness (QED) is 0.856. The van der Waals surface area contributed by atoms with E-state index in [1.165, 1.54) is 11.8 Å². The standard InChI is InChI=1S/C13H13Cl2N3OS/c14-9-4-3-8(10(15)6-9)7-20-13-18-17-12(19-13)11-2-1-5-16-11/h3-4,6,11,16H,1-2,5,7H2/t11-/m0/s1. The normalized spacial score (nSPS) is 18.6. The lowest BCUT2D eigenvalue weighted by Crippen LogP contribution is -2.12. The topological polar surface area (TPSA) is 51.0 Å². The van der Waals surface area contributed by atoms with Crippen LogP contribution in [0.5, 0.6) is 0 Å². The minimum atomic E-state index is 0.205. The van der Waals surface area contributed by atoms with Gasteiger partial charge in [0.25, 0.3) is 5.22 Å². The van der Waals surface area contributed by atoms with Gasteiger partial charge in [0.15, 0.2) is 0 Å². The third-order valence-corrected chi connectivity index (χ3v) is 4.60. The molecule has 1 aliphatic heterocycles. The second kappa shape index (κ2) is 6.35. The predicted octanol–water partition coefficient (Wildman–Crippen LogP) is 4.09. The van der Waals surface area contributed by atoms with Crippen LogP contribution >= 0.6 is 35.0 Å². The maximum Gasteiger partial charge on any atom is 0.276 e. The molecule has 0 bridgehead atoms. The van der Waals surface area contributed by atoms with E-state index in [-0.39, 0.29) is 6.04 Å². The van der Waals surface area contributed by atoms with Crippen molar-refractivity contribution in [2.24, 2.45) is 0 Å². The average Bonchev–Trinajstić information content (AvgIpc) is 3.08. The number of aromatic nitrogens is 2. The van der Waals surface area contributed by atoms with Gasteiger partial charge in [-0.15, -0.1) is 10.2 Å². The third-order valence-electron chi connectivity index (χ3n) is 3.15. The molecule has 2 heterocycles. The second-order valence-corrected chi connectivity index (χ2v) is 6.35. The number of rotatable bonds is 4. The summed E-state index contributed by atoms with van der Waals surface area (Å²) in [7, 11) is 0. The Morgan fingerprint density at radius 2 is 2.25 bits per heavy atom. The van der Waals surface area contributed by atoms with Gasteiger partial charge in [-0.2, -0.15) is 0 Å². The zero-order valence-corrected chi connectivity index (χ0v) is 12.9. The van der Waals surface area contributed by atoms with Gasteiger partial charge in [-0.1, -0.05) is 41.0 Å². The summed E-state index contributed by atoms with van der Waals surface area (Å²) in [5.74, 6) is 1.35. The van der Waals surface area contributed by atoms with Gasteiger partial charge in [0.1, 0.15) is 0 Å². The molecule has 2 aromatic rings. The van der Waals surface area contributed by atoms with E-state index in [9.17, 15) is 0 Å². The van der Waals surface area contributed by atoms with Gasteiger partial charge in [0.2, 0.25) is 5.89 Å². The Balaban J connectivity index is 1.63. The van der Waals surface area contributed by atoms with Crippen molar-refractivity contribution in [3.05, 3.63) is 39.7 Å². The SMILES string of the molecule is Clc1ccc(CSc2nnc([C@@H]3CCCN3)o2)c(Cl)c1. The maximum absolute atomic E-state index is 6.13. The monoisotopic (exact) mass is 329 g/mol. The lowest BCUT2D eigenvalue weighted by molar-refractivity contribution is 0.374.